The monoisotopic (exact) mass is 367 g/mol. The zero-order chi connectivity index (χ0) is 18.4. The molecule has 0 heterocycles. The van der Waals surface area contributed by atoms with Crippen LogP contribution in [-0.4, -0.2) is 18.8 Å². The molecule has 0 radical (unpaired) electrons. The molecule has 2 N–H and O–H groups in total. The molecule has 0 saturated heterocycles. The Morgan fingerprint density at radius 1 is 0.885 bits per heavy atom. The summed E-state index contributed by atoms with van der Waals surface area (Å²) in [5.74, 6) is 0.829. The van der Waals surface area contributed by atoms with E-state index in [1.165, 1.54) is 0 Å². The highest BCUT2D eigenvalue weighted by Gasteiger charge is 2.31. The molecule has 26 heavy (non-hydrogen) atoms. The number of benzene rings is 3. The van der Waals surface area contributed by atoms with Crippen LogP contribution in [0.15, 0.2) is 78.9 Å². The van der Waals surface area contributed by atoms with Gasteiger partial charge in [-0.15, -0.1) is 0 Å². The molecule has 3 nitrogen and oxygen atoms in total. The zero-order valence-corrected chi connectivity index (χ0v) is 15.4. The van der Waals surface area contributed by atoms with Crippen LogP contribution in [0.1, 0.15) is 16.7 Å². The van der Waals surface area contributed by atoms with E-state index in [4.69, 9.17) is 16.3 Å². The summed E-state index contributed by atoms with van der Waals surface area (Å²) in [6.45, 7) is 1.03. The van der Waals surface area contributed by atoms with Gasteiger partial charge in [-0.3, -0.25) is 0 Å². The lowest BCUT2D eigenvalue weighted by atomic mass is 9.86. The first-order valence-electron chi connectivity index (χ1n) is 8.49. The maximum atomic E-state index is 11.5. The van der Waals surface area contributed by atoms with Crippen molar-refractivity contribution in [3.8, 4) is 5.75 Å². The van der Waals surface area contributed by atoms with Crippen molar-refractivity contribution >= 4 is 11.6 Å². The predicted octanol–water partition coefficient (Wildman–Crippen LogP) is 4.37. The lowest BCUT2D eigenvalue weighted by Crippen LogP contribution is -2.39. The minimum atomic E-state index is -1.14. The van der Waals surface area contributed by atoms with Crippen LogP contribution in [0.4, 0.5) is 0 Å². The molecular weight excluding hydrogens is 346 g/mol. The van der Waals surface area contributed by atoms with Crippen LogP contribution >= 0.6 is 11.6 Å². The highest BCUT2D eigenvalue weighted by molar-refractivity contribution is 6.30. The number of ether oxygens (including phenoxy) is 1. The molecule has 3 rings (SSSR count). The third-order valence-corrected chi connectivity index (χ3v) is 4.69. The van der Waals surface area contributed by atoms with Crippen molar-refractivity contribution in [3.63, 3.8) is 0 Å². The summed E-state index contributed by atoms with van der Waals surface area (Å²) < 4.78 is 5.18. The number of hydrogen-bond donors (Lipinski definition) is 2. The lowest BCUT2D eigenvalue weighted by Gasteiger charge is -2.30. The van der Waals surface area contributed by atoms with Crippen LogP contribution in [0.2, 0.25) is 5.02 Å². The Kier molecular flexibility index (Phi) is 5.94. The Morgan fingerprint density at radius 2 is 1.50 bits per heavy atom. The number of halogens is 1. The fourth-order valence-corrected chi connectivity index (χ4v) is 3.07. The zero-order valence-electron chi connectivity index (χ0n) is 14.7. The maximum Gasteiger partial charge on any atom is 0.127 e. The summed E-state index contributed by atoms with van der Waals surface area (Å²) in [4.78, 5) is 0. The number of nitrogens with one attached hydrogen (secondary N) is 1. The summed E-state index contributed by atoms with van der Waals surface area (Å²) in [5.41, 5.74) is 1.62. The molecule has 0 fully saturated rings. The molecule has 0 aromatic heterocycles. The molecule has 0 spiro atoms. The Labute approximate surface area is 159 Å². The first-order chi connectivity index (χ1) is 12.6. The van der Waals surface area contributed by atoms with Crippen molar-refractivity contribution in [2.45, 2.75) is 12.1 Å². The van der Waals surface area contributed by atoms with Crippen LogP contribution in [0.5, 0.6) is 5.75 Å². The Balaban J connectivity index is 1.78. The van der Waals surface area contributed by atoms with E-state index in [-0.39, 0.29) is 0 Å². The molecule has 0 unspecified atom stereocenters. The fraction of sp³-hybridized carbons (Fsp3) is 0.182. The Hall–Kier alpha value is -2.33. The molecule has 3 aromatic rings. The second-order valence-corrected chi connectivity index (χ2v) is 6.62. The molecule has 0 aliphatic rings. The minimum Gasteiger partial charge on any atom is -0.497 e. The van der Waals surface area contributed by atoms with E-state index >= 15 is 0 Å². The van der Waals surface area contributed by atoms with Gasteiger partial charge in [0.15, 0.2) is 0 Å². The van der Waals surface area contributed by atoms with Crippen LogP contribution in [0, 0.1) is 0 Å². The Bertz CT molecular complexity index is 819. The summed E-state index contributed by atoms with van der Waals surface area (Å²) in [6, 6.07) is 24.9. The van der Waals surface area contributed by atoms with Crippen molar-refractivity contribution in [2.75, 3.05) is 13.7 Å². The van der Waals surface area contributed by atoms with E-state index < -0.39 is 5.60 Å². The van der Waals surface area contributed by atoms with Crippen LogP contribution in [0.25, 0.3) is 0 Å². The normalized spacial score (nSPS) is 13.2. The van der Waals surface area contributed by atoms with E-state index in [0.717, 1.165) is 22.4 Å². The molecule has 134 valence electrons. The van der Waals surface area contributed by atoms with Gasteiger partial charge in [0, 0.05) is 18.1 Å². The van der Waals surface area contributed by atoms with E-state index in [9.17, 15) is 5.11 Å². The summed E-state index contributed by atoms with van der Waals surface area (Å²) in [5, 5.41) is 15.5. The van der Waals surface area contributed by atoms with Gasteiger partial charge in [0.1, 0.15) is 11.4 Å². The Morgan fingerprint density at radius 3 is 2.12 bits per heavy atom. The molecule has 3 aromatic carbocycles. The molecular formula is C22H22ClNO2. The minimum absolute atomic E-state index is 0.380. The van der Waals surface area contributed by atoms with Gasteiger partial charge in [-0.2, -0.15) is 0 Å². The third kappa shape index (κ3) is 4.25. The molecule has 0 amide bonds. The highest BCUT2D eigenvalue weighted by atomic mass is 35.5. The van der Waals surface area contributed by atoms with Crippen molar-refractivity contribution < 1.29 is 9.84 Å². The largest absolute Gasteiger partial charge is 0.497 e. The number of hydrogen-bond acceptors (Lipinski definition) is 3. The second-order valence-electron chi connectivity index (χ2n) is 6.18. The average molecular weight is 368 g/mol. The van der Waals surface area contributed by atoms with Crippen LogP contribution < -0.4 is 10.1 Å². The van der Waals surface area contributed by atoms with E-state index in [2.05, 4.69) is 5.32 Å². The van der Waals surface area contributed by atoms with Gasteiger partial charge in [-0.25, -0.2) is 0 Å². The first kappa shape index (κ1) is 18.5. The van der Waals surface area contributed by atoms with Gasteiger partial charge in [-0.05, 0) is 41.0 Å². The van der Waals surface area contributed by atoms with E-state index in [1.54, 1.807) is 19.2 Å². The van der Waals surface area contributed by atoms with Gasteiger partial charge < -0.3 is 15.2 Å². The standard InChI is InChI=1S/C22H22ClNO2/c1-26-21-13-7-17(8-14-21)15-24-16-22(25,18-5-3-2-4-6-18)19-9-11-20(23)12-10-19/h2-14,24-25H,15-16H2,1H3/t22-/m1/s1. The van der Waals surface area contributed by atoms with E-state index in [0.29, 0.717) is 18.1 Å². The second kappa shape index (κ2) is 8.37. The quantitative estimate of drug-likeness (QED) is 0.651. The summed E-state index contributed by atoms with van der Waals surface area (Å²) >= 11 is 6.01. The SMILES string of the molecule is COc1ccc(CNC[C@@](O)(c2ccccc2)c2ccc(Cl)cc2)cc1. The maximum absolute atomic E-state index is 11.5. The first-order valence-corrected chi connectivity index (χ1v) is 8.87. The van der Waals surface area contributed by atoms with Crippen molar-refractivity contribution in [3.05, 3.63) is 101 Å². The molecule has 0 saturated carbocycles. The molecule has 1 atom stereocenters. The number of methoxy groups -OCH3 is 1. The average Bonchev–Trinajstić information content (AvgIpc) is 2.69. The van der Waals surface area contributed by atoms with E-state index in [1.807, 2.05) is 66.7 Å². The van der Waals surface area contributed by atoms with Gasteiger partial charge in [0.2, 0.25) is 0 Å². The van der Waals surface area contributed by atoms with Gasteiger partial charge in [0.25, 0.3) is 0 Å². The number of aliphatic hydroxyl groups is 1. The molecule has 0 aliphatic carbocycles. The third-order valence-electron chi connectivity index (χ3n) is 4.44. The molecule has 0 bridgehead atoms. The molecule has 4 heteroatoms. The smallest absolute Gasteiger partial charge is 0.127 e. The fourth-order valence-electron chi connectivity index (χ4n) is 2.94. The number of rotatable bonds is 7. The topological polar surface area (TPSA) is 41.5 Å². The summed E-state index contributed by atoms with van der Waals surface area (Å²) in [7, 11) is 1.65. The van der Waals surface area contributed by atoms with Gasteiger partial charge >= 0.3 is 0 Å². The van der Waals surface area contributed by atoms with Crippen molar-refractivity contribution in [1.29, 1.82) is 0 Å². The summed E-state index contributed by atoms with van der Waals surface area (Å²) in [6.07, 6.45) is 0. The highest BCUT2D eigenvalue weighted by Crippen LogP contribution is 2.30. The van der Waals surface area contributed by atoms with Gasteiger partial charge in [0.05, 0.1) is 7.11 Å². The van der Waals surface area contributed by atoms with Gasteiger partial charge in [-0.1, -0.05) is 66.2 Å². The van der Waals surface area contributed by atoms with Crippen LogP contribution in [-0.2, 0) is 12.1 Å². The van der Waals surface area contributed by atoms with Crippen molar-refractivity contribution in [1.82, 2.24) is 5.32 Å². The predicted molar refractivity (Wildman–Crippen MR) is 106 cm³/mol. The molecule has 0 aliphatic heterocycles. The lowest BCUT2D eigenvalue weighted by molar-refractivity contribution is 0.0796. The van der Waals surface area contributed by atoms with Crippen LogP contribution in [0.3, 0.4) is 0 Å². The van der Waals surface area contributed by atoms with Crippen molar-refractivity contribution in [2.24, 2.45) is 0 Å².